The lowest BCUT2D eigenvalue weighted by atomic mass is 10.1. The number of benzene rings is 4. The van der Waals surface area contributed by atoms with E-state index in [1.165, 1.54) is 11.3 Å². The molecule has 0 aliphatic heterocycles. The van der Waals surface area contributed by atoms with E-state index in [-0.39, 0.29) is 20.2 Å². The summed E-state index contributed by atoms with van der Waals surface area (Å²) in [5.41, 5.74) is 4.64. The van der Waals surface area contributed by atoms with Crippen LogP contribution < -0.4 is 20.1 Å². The summed E-state index contributed by atoms with van der Waals surface area (Å²) >= 11 is 0. The fraction of sp³-hybridized carbons (Fsp3) is 0.333. The second-order valence-electron chi connectivity index (χ2n) is 11.8. The normalized spacial score (nSPS) is 11.8. The third-order valence-corrected chi connectivity index (χ3v) is 11.8. The number of aromatic nitrogens is 1. The van der Waals surface area contributed by atoms with Crippen molar-refractivity contribution in [3.05, 3.63) is 109 Å². The monoisotopic (exact) mass is 670 g/mol. The van der Waals surface area contributed by atoms with Gasteiger partial charge in [0.2, 0.25) is 7.29 Å². The molecule has 0 fully saturated rings. The van der Waals surface area contributed by atoms with E-state index in [1.807, 2.05) is 83.5 Å². The van der Waals surface area contributed by atoms with Crippen LogP contribution in [0.2, 0.25) is 0 Å². The quantitative estimate of drug-likeness (QED) is 0.0559. The van der Waals surface area contributed by atoms with Crippen LogP contribution in [0.5, 0.6) is 11.5 Å². The number of hydrogen-bond acceptors (Lipinski definition) is 6. The topological polar surface area (TPSA) is 82.4 Å². The van der Waals surface area contributed by atoms with E-state index in [1.54, 1.807) is 14.2 Å². The predicted molar refractivity (Wildman–Crippen MR) is 194 cm³/mol. The Morgan fingerprint density at radius 1 is 0.708 bits per heavy atom. The molecule has 0 unspecified atom stereocenters. The van der Waals surface area contributed by atoms with Gasteiger partial charge in [-0.25, -0.2) is 4.67 Å². The van der Waals surface area contributed by atoms with Crippen LogP contribution in [-0.2, 0) is 20.6 Å². The van der Waals surface area contributed by atoms with Crippen LogP contribution >= 0.6 is 7.29 Å². The lowest BCUT2D eigenvalue weighted by molar-refractivity contribution is 0.0510. The zero-order chi connectivity index (χ0) is 33.8. The number of aliphatic hydroxyl groups excluding tert-OH is 1. The van der Waals surface area contributed by atoms with Crippen molar-refractivity contribution in [3.8, 4) is 22.8 Å². The van der Waals surface area contributed by atoms with Gasteiger partial charge >= 0.3 is 0 Å². The minimum absolute atomic E-state index is 0.0514. The Kier molecular flexibility index (Phi) is 12.9. The molecule has 0 amide bonds. The summed E-state index contributed by atoms with van der Waals surface area (Å²) in [7, 11) is 0.124. The Hall–Kier alpha value is -3.91. The fourth-order valence-corrected chi connectivity index (χ4v) is 9.22. The second kappa shape index (κ2) is 17.5. The number of rotatable bonds is 19. The predicted octanol–water partition coefficient (Wildman–Crippen LogP) is 7.37. The second-order valence-corrected chi connectivity index (χ2v) is 14.5. The smallest absolute Gasteiger partial charge is 0.207 e. The number of unbranched alkanes of at least 4 members (excludes halogenated alkanes) is 3. The first-order chi connectivity index (χ1) is 23.5. The molecule has 1 N–H and O–H groups in total. The van der Waals surface area contributed by atoms with E-state index in [0.29, 0.717) is 13.1 Å². The van der Waals surface area contributed by atoms with Gasteiger partial charge in [-0.2, -0.15) is 0 Å². The lowest BCUT2D eigenvalue weighted by Crippen LogP contribution is -2.35. The van der Waals surface area contributed by atoms with Crippen molar-refractivity contribution in [2.24, 2.45) is 0 Å². The van der Waals surface area contributed by atoms with E-state index in [0.717, 1.165) is 70.8 Å². The highest BCUT2D eigenvalue weighted by Crippen LogP contribution is 2.47. The summed E-state index contributed by atoms with van der Waals surface area (Å²) < 4.78 is 40.8. The number of fused-ring (bicyclic) bond motifs is 1. The third-order valence-electron chi connectivity index (χ3n) is 8.62. The highest BCUT2D eigenvalue weighted by Gasteiger charge is 2.33. The molecule has 0 radical (unpaired) electrons. The lowest BCUT2D eigenvalue weighted by Gasteiger charge is -2.32. The van der Waals surface area contributed by atoms with E-state index >= 15 is 0 Å². The van der Waals surface area contributed by atoms with Gasteiger partial charge < -0.3 is 28.6 Å². The third kappa shape index (κ3) is 8.20. The van der Waals surface area contributed by atoms with Crippen molar-refractivity contribution in [2.75, 3.05) is 47.5 Å². The largest absolute Gasteiger partial charge is 0.468 e. The highest BCUT2D eigenvalue weighted by molar-refractivity contribution is 7.76. The summed E-state index contributed by atoms with van der Waals surface area (Å²) in [5.74, 6) is 1.53. The average molecular weight is 671 g/mol. The van der Waals surface area contributed by atoms with Gasteiger partial charge in [0.1, 0.15) is 11.5 Å². The molecule has 5 rings (SSSR count). The van der Waals surface area contributed by atoms with Crippen LogP contribution in [0.15, 0.2) is 103 Å². The number of hydrogen-bond donors (Lipinski definition) is 1. The molecule has 8 nitrogen and oxygen atoms in total. The molecule has 0 saturated carbocycles. The van der Waals surface area contributed by atoms with Gasteiger partial charge in [-0.1, -0.05) is 49.2 Å². The van der Waals surface area contributed by atoms with Crippen molar-refractivity contribution < 1.29 is 28.6 Å². The fourth-order valence-electron chi connectivity index (χ4n) is 6.32. The van der Waals surface area contributed by atoms with E-state index in [2.05, 4.69) is 35.8 Å². The van der Waals surface area contributed by atoms with Crippen LogP contribution in [0.1, 0.15) is 31.2 Å². The Bertz CT molecular complexity index is 1720. The van der Waals surface area contributed by atoms with Gasteiger partial charge in [0.25, 0.3) is 0 Å². The number of nitrogens with zero attached hydrogens (tertiary/aromatic N) is 2. The molecule has 0 aliphatic carbocycles. The van der Waals surface area contributed by atoms with Crippen LogP contribution in [0.3, 0.4) is 0 Å². The first-order valence-corrected chi connectivity index (χ1v) is 18.2. The first kappa shape index (κ1) is 35.4. The van der Waals surface area contributed by atoms with E-state index < -0.39 is 7.29 Å². The Morgan fingerprint density at radius 2 is 1.29 bits per heavy atom. The number of methoxy groups -OCH3 is 2. The first-order valence-electron chi connectivity index (χ1n) is 16.6. The summed E-state index contributed by atoms with van der Waals surface area (Å²) in [6.45, 7) is 4.36. The van der Waals surface area contributed by atoms with Crippen molar-refractivity contribution in [3.63, 3.8) is 0 Å². The van der Waals surface area contributed by atoms with Gasteiger partial charge in [-0.05, 0) is 97.6 Å². The zero-order valence-electron chi connectivity index (χ0n) is 28.2. The van der Waals surface area contributed by atoms with E-state index in [9.17, 15) is 9.67 Å². The standard InChI is InChI=1S/C39H47N2O6P/c1-31-37-28-34(47-30-45-3)22-23-38(37)41(39(31)32-18-20-33(21-19-32)46-29-44-2)25-13-5-4-12-24-40(26-27-42)48(43,35-14-8-6-9-15-35)36-16-10-7-11-17-36/h6-11,14-23,28,42H,4-5,12-13,24-27,29-30H2,1-3H3. The minimum Gasteiger partial charge on any atom is -0.468 e. The maximum Gasteiger partial charge on any atom is 0.207 e. The van der Waals surface area contributed by atoms with Crippen molar-refractivity contribution in [1.29, 1.82) is 0 Å². The maximum absolute atomic E-state index is 14.8. The van der Waals surface area contributed by atoms with Crippen LogP contribution in [-0.4, -0.2) is 61.8 Å². The Morgan fingerprint density at radius 3 is 1.90 bits per heavy atom. The molecule has 0 spiro atoms. The van der Waals surface area contributed by atoms with Gasteiger partial charge in [0.05, 0.1) is 12.3 Å². The number of aryl methyl sites for hydroxylation is 2. The molecule has 254 valence electrons. The molecule has 48 heavy (non-hydrogen) atoms. The van der Waals surface area contributed by atoms with Crippen LogP contribution in [0.25, 0.3) is 22.2 Å². The number of ether oxygens (including phenoxy) is 4. The molecule has 0 bridgehead atoms. The van der Waals surface area contributed by atoms with E-state index in [4.69, 9.17) is 18.9 Å². The van der Waals surface area contributed by atoms with Gasteiger partial charge in [0, 0.05) is 55.4 Å². The van der Waals surface area contributed by atoms with Crippen LogP contribution in [0, 0.1) is 6.92 Å². The summed E-state index contributed by atoms with van der Waals surface area (Å²) in [6, 6.07) is 33.7. The average Bonchev–Trinajstić information content (AvgIpc) is 3.41. The summed E-state index contributed by atoms with van der Waals surface area (Å²) in [4.78, 5) is 0. The SMILES string of the molecule is COCOc1ccc(-c2c(C)c3cc(OCOC)ccc3n2CCCCCCN(CCO)P(=O)(c2ccccc2)c2ccccc2)cc1. The van der Waals surface area contributed by atoms with Gasteiger partial charge in [-0.3, -0.25) is 4.57 Å². The molecule has 0 saturated heterocycles. The molecule has 0 atom stereocenters. The minimum atomic E-state index is -3.11. The Labute approximate surface area is 284 Å². The molecule has 4 aromatic carbocycles. The highest BCUT2D eigenvalue weighted by atomic mass is 31.2. The maximum atomic E-state index is 14.8. The summed E-state index contributed by atoms with van der Waals surface area (Å²) in [6.07, 6.45) is 3.87. The molecule has 9 heteroatoms. The van der Waals surface area contributed by atoms with Gasteiger partial charge in [-0.15, -0.1) is 0 Å². The Balaban J connectivity index is 1.31. The molecule has 1 aromatic heterocycles. The van der Waals surface area contributed by atoms with Crippen molar-refractivity contribution in [1.82, 2.24) is 9.24 Å². The van der Waals surface area contributed by atoms with Gasteiger partial charge in [0.15, 0.2) is 13.6 Å². The molecular formula is C39H47N2O6P. The molecular weight excluding hydrogens is 623 g/mol. The zero-order valence-corrected chi connectivity index (χ0v) is 29.1. The number of aliphatic hydroxyl groups is 1. The summed E-state index contributed by atoms with van der Waals surface area (Å²) in [5, 5.41) is 12.7. The van der Waals surface area contributed by atoms with Crippen molar-refractivity contribution in [2.45, 2.75) is 39.2 Å². The molecule has 0 aliphatic rings. The van der Waals surface area contributed by atoms with Crippen molar-refractivity contribution >= 4 is 28.8 Å². The van der Waals surface area contributed by atoms with Crippen LogP contribution in [0.4, 0.5) is 0 Å². The molecule has 1 heterocycles. The molecule has 5 aromatic rings.